The molecule has 0 bridgehead atoms. The molecule has 1 saturated carbocycles. The van der Waals surface area contributed by atoms with Gasteiger partial charge in [0, 0.05) is 55.3 Å². The molecule has 0 saturated heterocycles. The summed E-state index contributed by atoms with van der Waals surface area (Å²) in [6, 6.07) is 3.97. The van der Waals surface area contributed by atoms with Crippen LogP contribution in [0.5, 0.6) is 0 Å². The Bertz CT molecular complexity index is 1160. The average molecular weight is 359 g/mol. The van der Waals surface area contributed by atoms with E-state index in [1.54, 1.807) is 36.4 Å². The highest BCUT2D eigenvalue weighted by Gasteiger charge is 2.24. The number of rotatable bonds is 4. The molecule has 0 aromatic carbocycles. The van der Waals surface area contributed by atoms with Crippen molar-refractivity contribution in [1.82, 2.24) is 29.5 Å². The Hall–Kier alpha value is -3.26. The van der Waals surface area contributed by atoms with Gasteiger partial charge in [-0.3, -0.25) is 4.98 Å². The molecule has 4 heterocycles. The Balaban J connectivity index is 1.46. The quantitative estimate of drug-likeness (QED) is 0.556. The van der Waals surface area contributed by atoms with Gasteiger partial charge in [-0.05, 0) is 30.9 Å². The van der Waals surface area contributed by atoms with E-state index >= 15 is 0 Å². The lowest BCUT2D eigenvalue weighted by molar-refractivity contribution is 0.147. The number of pyridine rings is 1. The summed E-state index contributed by atoms with van der Waals surface area (Å²) < 4.78 is 6.97. The third-order valence-electron chi connectivity index (χ3n) is 4.75. The van der Waals surface area contributed by atoms with Gasteiger partial charge < -0.3 is 4.74 Å². The van der Waals surface area contributed by atoms with Gasteiger partial charge in [0.1, 0.15) is 5.52 Å². The van der Waals surface area contributed by atoms with E-state index in [0.29, 0.717) is 17.5 Å². The van der Waals surface area contributed by atoms with Crippen LogP contribution in [0.15, 0.2) is 48.1 Å². The Morgan fingerprint density at radius 1 is 1.15 bits per heavy atom. The highest BCUT2D eigenvalue weighted by Crippen LogP contribution is 2.28. The topological polar surface area (TPSA) is 90.5 Å². The number of ether oxygens (including phenoxy) is 1. The Morgan fingerprint density at radius 2 is 2.04 bits per heavy atom. The van der Waals surface area contributed by atoms with Crippen LogP contribution in [-0.4, -0.2) is 49.0 Å². The van der Waals surface area contributed by atoms with Crippen LogP contribution < -0.4 is 0 Å². The third kappa shape index (κ3) is 2.93. The monoisotopic (exact) mass is 359 g/mol. The van der Waals surface area contributed by atoms with Crippen LogP contribution >= 0.6 is 0 Å². The first kappa shape index (κ1) is 16.0. The molecule has 5 rings (SSSR count). The molecule has 1 fully saturated rings. The minimum Gasteiger partial charge on any atom is -0.384 e. The Kier molecular flexibility index (Phi) is 3.83. The second kappa shape index (κ2) is 6.48. The van der Waals surface area contributed by atoms with E-state index in [9.17, 15) is 0 Å². The maximum atomic E-state index is 5.17. The average Bonchev–Trinajstić information content (AvgIpc) is 3.09. The summed E-state index contributed by atoms with van der Waals surface area (Å²) in [4.78, 5) is 21.9. The van der Waals surface area contributed by atoms with Gasteiger partial charge in [-0.25, -0.2) is 24.5 Å². The number of hydrogen-bond donors (Lipinski definition) is 0. The van der Waals surface area contributed by atoms with E-state index in [-0.39, 0.29) is 0 Å². The van der Waals surface area contributed by atoms with Crippen molar-refractivity contribution in [3.8, 4) is 11.1 Å². The first-order chi connectivity index (χ1) is 13.3. The van der Waals surface area contributed by atoms with Crippen molar-refractivity contribution >= 4 is 28.3 Å². The molecular formula is C19H17N7O. The fraction of sp³-hybridized carbons (Fsp3) is 0.263. The van der Waals surface area contributed by atoms with Gasteiger partial charge in [0.05, 0.1) is 11.7 Å². The second-order valence-electron chi connectivity index (χ2n) is 6.65. The summed E-state index contributed by atoms with van der Waals surface area (Å²) in [5.74, 6) is 1.05. The predicted octanol–water partition coefficient (Wildman–Crippen LogP) is 2.86. The number of aliphatic imine (C=N–C) groups is 1. The first-order valence-electron chi connectivity index (χ1n) is 8.77. The molecule has 0 N–H and O–H groups in total. The second-order valence-corrected chi connectivity index (χ2v) is 6.65. The van der Waals surface area contributed by atoms with Crippen LogP contribution in [0.3, 0.4) is 0 Å². The fourth-order valence-corrected chi connectivity index (χ4v) is 3.38. The zero-order valence-corrected chi connectivity index (χ0v) is 14.8. The van der Waals surface area contributed by atoms with Crippen LogP contribution in [-0.2, 0) is 4.74 Å². The van der Waals surface area contributed by atoms with Crippen molar-refractivity contribution in [2.24, 2.45) is 10.9 Å². The molecule has 8 heteroatoms. The van der Waals surface area contributed by atoms with Gasteiger partial charge in [-0.15, -0.1) is 5.10 Å². The fourth-order valence-electron chi connectivity index (χ4n) is 3.38. The van der Waals surface area contributed by atoms with Crippen molar-refractivity contribution < 1.29 is 4.74 Å². The minimum atomic E-state index is 0.484. The standard InChI is InChI=1S/C19H17N7O/c1-27-11-12-6-14(7-12)24-19-23-10-17-15(2-5-26(17)25-19)13-8-16-18(22-9-13)21-4-3-20-16/h2-5,8-10,12H,6-7,11H2,1H3. The molecule has 8 nitrogen and oxygen atoms in total. The van der Waals surface area contributed by atoms with Crippen LogP contribution in [0.25, 0.3) is 27.8 Å². The maximum absolute atomic E-state index is 5.17. The minimum absolute atomic E-state index is 0.484. The van der Waals surface area contributed by atoms with Gasteiger partial charge in [-0.1, -0.05) is 0 Å². The number of methoxy groups -OCH3 is 1. The summed E-state index contributed by atoms with van der Waals surface area (Å²) in [7, 11) is 1.73. The third-order valence-corrected chi connectivity index (χ3v) is 4.75. The van der Waals surface area contributed by atoms with Crippen LogP contribution in [0.4, 0.5) is 5.95 Å². The summed E-state index contributed by atoms with van der Waals surface area (Å²) in [5.41, 5.74) is 5.36. The highest BCUT2D eigenvalue weighted by molar-refractivity contribution is 5.91. The van der Waals surface area contributed by atoms with E-state index in [4.69, 9.17) is 4.74 Å². The molecule has 0 spiro atoms. The van der Waals surface area contributed by atoms with Crippen molar-refractivity contribution in [3.63, 3.8) is 0 Å². The summed E-state index contributed by atoms with van der Waals surface area (Å²) >= 11 is 0. The summed E-state index contributed by atoms with van der Waals surface area (Å²) in [6.45, 7) is 0.782. The highest BCUT2D eigenvalue weighted by atomic mass is 16.5. The van der Waals surface area contributed by atoms with Gasteiger partial charge in [0.2, 0.25) is 0 Å². The molecule has 0 unspecified atom stereocenters. The van der Waals surface area contributed by atoms with E-state index < -0.39 is 0 Å². The van der Waals surface area contributed by atoms with E-state index in [1.165, 1.54) is 0 Å². The van der Waals surface area contributed by atoms with Crippen molar-refractivity contribution in [2.45, 2.75) is 12.8 Å². The zero-order chi connectivity index (χ0) is 18.2. The smallest absolute Gasteiger partial charge is 0.267 e. The zero-order valence-electron chi connectivity index (χ0n) is 14.8. The lowest BCUT2D eigenvalue weighted by Crippen LogP contribution is -2.27. The molecule has 0 amide bonds. The first-order valence-corrected chi connectivity index (χ1v) is 8.77. The molecule has 0 atom stereocenters. The number of aromatic nitrogens is 6. The van der Waals surface area contributed by atoms with Gasteiger partial charge in [0.15, 0.2) is 5.65 Å². The molecule has 4 aromatic heterocycles. The largest absolute Gasteiger partial charge is 0.384 e. The van der Waals surface area contributed by atoms with Gasteiger partial charge in [-0.2, -0.15) is 0 Å². The number of hydrogen-bond acceptors (Lipinski definition) is 7. The van der Waals surface area contributed by atoms with E-state index in [0.717, 1.165) is 47.3 Å². The Morgan fingerprint density at radius 3 is 2.93 bits per heavy atom. The lowest BCUT2D eigenvalue weighted by atomic mass is 9.84. The van der Waals surface area contributed by atoms with Crippen molar-refractivity contribution in [3.05, 3.63) is 43.1 Å². The Labute approximate surface area is 155 Å². The van der Waals surface area contributed by atoms with Crippen molar-refractivity contribution in [1.29, 1.82) is 0 Å². The number of fused-ring (bicyclic) bond motifs is 2. The van der Waals surface area contributed by atoms with Gasteiger partial charge in [0.25, 0.3) is 5.95 Å². The summed E-state index contributed by atoms with van der Waals surface area (Å²) in [6.07, 6.45) is 10.7. The molecule has 134 valence electrons. The lowest BCUT2D eigenvalue weighted by Gasteiger charge is -2.26. The van der Waals surface area contributed by atoms with Crippen LogP contribution in [0.2, 0.25) is 0 Å². The molecule has 0 radical (unpaired) electrons. The predicted molar refractivity (Wildman–Crippen MR) is 101 cm³/mol. The molecule has 0 aliphatic heterocycles. The van der Waals surface area contributed by atoms with Crippen LogP contribution in [0, 0.1) is 5.92 Å². The molecule has 27 heavy (non-hydrogen) atoms. The van der Waals surface area contributed by atoms with E-state index in [1.807, 2.05) is 18.3 Å². The van der Waals surface area contributed by atoms with Crippen molar-refractivity contribution in [2.75, 3.05) is 13.7 Å². The normalized spacial score (nSPS) is 16.6. The maximum Gasteiger partial charge on any atom is 0.267 e. The van der Waals surface area contributed by atoms with Crippen LogP contribution in [0.1, 0.15) is 12.8 Å². The molecule has 1 aliphatic carbocycles. The molecule has 4 aromatic rings. The van der Waals surface area contributed by atoms with E-state index in [2.05, 4.69) is 30.0 Å². The number of nitrogens with zero attached hydrogens (tertiary/aromatic N) is 7. The van der Waals surface area contributed by atoms with Gasteiger partial charge >= 0.3 is 0 Å². The summed E-state index contributed by atoms with van der Waals surface area (Å²) in [5, 5.41) is 4.51. The SMILES string of the molecule is COCC1CC(=Nc2ncc3c(-c4cnc5nccnc5c4)ccn3n2)C1. The molecular weight excluding hydrogens is 342 g/mol. The molecule has 1 aliphatic rings.